The van der Waals surface area contributed by atoms with E-state index in [4.69, 9.17) is 21.3 Å². The van der Waals surface area contributed by atoms with Crippen LogP contribution in [0.15, 0.2) is 72.9 Å². The Labute approximate surface area is 174 Å². The summed E-state index contributed by atoms with van der Waals surface area (Å²) in [5.74, 6) is 2.16. The van der Waals surface area contributed by atoms with E-state index in [0.29, 0.717) is 16.7 Å². The van der Waals surface area contributed by atoms with Gasteiger partial charge in [-0.1, -0.05) is 41.9 Å². The molecule has 4 aromatic rings. The second kappa shape index (κ2) is 7.72. The SMILES string of the molecule is Clc1cc(N2CCCc3ccccc3C2)nc2ccc(Oc3ccccn3)cc12. The van der Waals surface area contributed by atoms with Crippen molar-refractivity contribution in [2.75, 3.05) is 11.4 Å². The molecule has 0 atom stereocenters. The Morgan fingerprint density at radius 2 is 1.79 bits per heavy atom. The molecule has 0 saturated carbocycles. The van der Waals surface area contributed by atoms with Crippen LogP contribution in [-0.4, -0.2) is 16.5 Å². The third kappa shape index (κ3) is 3.76. The van der Waals surface area contributed by atoms with E-state index in [1.807, 2.05) is 42.5 Å². The van der Waals surface area contributed by atoms with E-state index in [-0.39, 0.29) is 0 Å². The molecule has 1 aliphatic heterocycles. The van der Waals surface area contributed by atoms with Gasteiger partial charge in [0.15, 0.2) is 0 Å². The fourth-order valence-corrected chi connectivity index (χ4v) is 4.05. The van der Waals surface area contributed by atoms with Crippen LogP contribution in [0.5, 0.6) is 11.6 Å². The number of halogens is 1. The summed E-state index contributed by atoms with van der Waals surface area (Å²) in [5, 5.41) is 1.55. The van der Waals surface area contributed by atoms with Gasteiger partial charge in [0.1, 0.15) is 11.6 Å². The van der Waals surface area contributed by atoms with Crippen molar-refractivity contribution >= 4 is 28.3 Å². The molecule has 0 fully saturated rings. The van der Waals surface area contributed by atoms with Crippen molar-refractivity contribution < 1.29 is 4.74 Å². The Kier molecular flexibility index (Phi) is 4.78. The molecule has 0 radical (unpaired) electrons. The van der Waals surface area contributed by atoms with Crippen LogP contribution < -0.4 is 9.64 Å². The van der Waals surface area contributed by atoms with Crippen LogP contribution in [0.1, 0.15) is 17.5 Å². The van der Waals surface area contributed by atoms with E-state index in [1.54, 1.807) is 6.20 Å². The number of anilines is 1. The molecule has 1 aliphatic rings. The summed E-state index contributed by atoms with van der Waals surface area (Å²) >= 11 is 6.66. The number of benzene rings is 2. The van der Waals surface area contributed by atoms with Gasteiger partial charge in [0.2, 0.25) is 5.88 Å². The zero-order valence-electron chi connectivity index (χ0n) is 15.9. The molecule has 2 aromatic heterocycles. The van der Waals surface area contributed by atoms with Gasteiger partial charge >= 0.3 is 0 Å². The first-order valence-corrected chi connectivity index (χ1v) is 10.1. The molecule has 3 heterocycles. The summed E-state index contributed by atoms with van der Waals surface area (Å²) in [7, 11) is 0. The standard InChI is InChI=1S/C24H20ClN3O/c25-21-15-23(28-13-5-8-17-6-1-2-7-18(17)16-28)27-22-11-10-19(14-20(21)22)29-24-9-3-4-12-26-24/h1-4,6-7,9-12,14-15H,5,8,13,16H2. The molecule has 0 bridgehead atoms. The van der Waals surface area contributed by atoms with Gasteiger partial charge in [0.05, 0.1) is 10.5 Å². The molecule has 0 aliphatic carbocycles. The van der Waals surface area contributed by atoms with E-state index < -0.39 is 0 Å². The molecule has 0 saturated heterocycles. The highest BCUT2D eigenvalue weighted by Crippen LogP contribution is 2.32. The zero-order valence-corrected chi connectivity index (χ0v) is 16.6. The molecule has 4 nitrogen and oxygen atoms in total. The van der Waals surface area contributed by atoms with Crippen LogP contribution in [0.2, 0.25) is 5.02 Å². The van der Waals surface area contributed by atoms with Crippen molar-refractivity contribution in [3.63, 3.8) is 0 Å². The monoisotopic (exact) mass is 401 g/mol. The van der Waals surface area contributed by atoms with Crippen molar-refractivity contribution in [2.24, 2.45) is 0 Å². The summed E-state index contributed by atoms with van der Waals surface area (Å²) in [6.07, 6.45) is 3.91. The number of aromatic nitrogens is 2. The van der Waals surface area contributed by atoms with Gasteiger partial charge in [-0.15, -0.1) is 0 Å². The summed E-state index contributed by atoms with van der Waals surface area (Å²) in [4.78, 5) is 11.4. The molecule has 5 heteroatoms. The van der Waals surface area contributed by atoms with Crippen LogP contribution >= 0.6 is 11.6 Å². The quantitative estimate of drug-likeness (QED) is 0.420. The van der Waals surface area contributed by atoms with E-state index in [1.165, 1.54) is 11.1 Å². The second-order valence-corrected chi connectivity index (χ2v) is 7.61. The maximum atomic E-state index is 6.66. The zero-order chi connectivity index (χ0) is 19.6. The van der Waals surface area contributed by atoms with E-state index in [2.05, 4.69) is 34.1 Å². The van der Waals surface area contributed by atoms with Crippen LogP contribution in [0, 0.1) is 0 Å². The molecule has 0 unspecified atom stereocenters. The fraction of sp³-hybridized carbons (Fsp3) is 0.167. The van der Waals surface area contributed by atoms with Crippen molar-refractivity contribution in [1.82, 2.24) is 9.97 Å². The minimum Gasteiger partial charge on any atom is -0.439 e. The number of rotatable bonds is 3. The van der Waals surface area contributed by atoms with E-state index in [9.17, 15) is 0 Å². The van der Waals surface area contributed by atoms with Gasteiger partial charge in [-0.05, 0) is 54.3 Å². The average Bonchev–Trinajstić information content (AvgIpc) is 2.97. The Morgan fingerprint density at radius 1 is 0.931 bits per heavy atom. The minimum absolute atomic E-state index is 0.552. The lowest BCUT2D eigenvalue weighted by Crippen LogP contribution is -2.23. The summed E-state index contributed by atoms with van der Waals surface area (Å²) < 4.78 is 5.84. The normalized spacial score (nSPS) is 13.8. The number of hydrogen-bond donors (Lipinski definition) is 0. The maximum absolute atomic E-state index is 6.66. The fourth-order valence-electron chi connectivity index (χ4n) is 3.80. The van der Waals surface area contributed by atoms with E-state index >= 15 is 0 Å². The molecule has 29 heavy (non-hydrogen) atoms. The molecule has 0 N–H and O–H groups in total. The molecule has 0 spiro atoms. The van der Waals surface area contributed by atoms with Crippen LogP contribution in [-0.2, 0) is 13.0 Å². The van der Waals surface area contributed by atoms with E-state index in [0.717, 1.165) is 42.7 Å². The highest BCUT2D eigenvalue weighted by atomic mass is 35.5. The predicted molar refractivity (Wildman–Crippen MR) is 117 cm³/mol. The lowest BCUT2D eigenvalue weighted by molar-refractivity contribution is 0.463. The molecular formula is C24H20ClN3O. The Morgan fingerprint density at radius 3 is 2.66 bits per heavy atom. The molecule has 2 aromatic carbocycles. The lowest BCUT2D eigenvalue weighted by atomic mass is 10.0. The molecule has 144 valence electrons. The first-order valence-electron chi connectivity index (χ1n) is 9.77. The van der Waals surface area contributed by atoms with Crippen molar-refractivity contribution in [3.8, 4) is 11.6 Å². The smallest absolute Gasteiger partial charge is 0.219 e. The highest BCUT2D eigenvalue weighted by Gasteiger charge is 2.17. The van der Waals surface area contributed by atoms with Crippen LogP contribution in [0.3, 0.4) is 0 Å². The number of ether oxygens (including phenoxy) is 1. The Hall–Kier alpha value is -3.11. The first-order chi connectivity index (χ1) is 14.3. The molecule has 5 rings (SSSR count). The van der Waals surface area contributed by atoms with Crippen molar-refractivity contribution in [2.45, 2.75) is 19.4 Å². The number of aryl methyl sites for hydroxylation is 1. The molecule has 0 amide bonds. The summed E-state index contributed by atoms with van der Waals surface area (Å²) in [5.41, 5.74) is 3.65. The largest absolute Gasteiger partial charge is 0.439 e. The van der Waals surface area contributed by atoms with Crippen LogP contribution in [0.25, 0.3) is 10.9 Å². The first kappa shape index (κ1) is 18.0. The van der Waals surface area contributed by atoms with Gasteiger partial charge in [0, 0.05) is 30.7 Å². The third-order valence-electron chi connectivity index (χ3n) is 5.25. The van der Waals surface area contributed by atoms with Gasteiger partial charge in [0.25, 0.3) is 0 Å². The number of hydrogen-bond acceptors (Lipinski definition) is 4. The van der Waals surface area contributed by atoms with Crippen molar-refractivity contribution in [1.29, 1.82) is 0 Å². The van der Waals surface area contributed by atoms with Gasteiger partial charge in [-0.3, -0.25) is 0 Å². The topological polar surface area (TPSA) is 38.2 Å². The lowest BCUT2D eigenvalue weighted by Gasteiger charge is -2.23. The Bertz CT molecular complexity index is 1160. The minimum atomic E-state index is 0.552. The summed E-state index contributed by atoms with van der Waals surface area (Å²) in [6.45, 7) is 1.82. The molecular weight excluding hydrogens is 382 g/mol. The van der Waals surface area contributed by atoms with Gasteiger partial charge in [-0.2, -0.15) is 0 Å². The number of pyridine rings is 2. The maximum Gasteiger partial charge on any atom is 0.219 e. The number of fused-ring (bicyclic) bond motifs is 2. The second-order valence-electron chi connectivity index (χ2n) is 7.21. The highest BCUT2D eigenvalue weighted by molar-refractivity contribution is 6.35. The van der Waals surface area contributed by atoms with Crippen molar-refractivity contribution in [3.05, 3.63) is 89.1 Å². The Balaban J connectivity index is 1.46. The third-order valence-corrected chi connectivity index (χ3v) is 5.57. The predicted octanol–water partition coefficient (Wildman–Crippen LogP) is 6.03. The van der Waals surface area contributed by atoms with Gasteiger partial charge < -0.3 is 9.64 Å². The number of nitrogens with zero attached hydrogens (tertiary/aromatic N) is 3. The van der Waals surface area contributed by atoms with Crippen LogP contribution in [0.4, 0.5) is 5.82 Å². The summed E-state index contributed by atoms with van der Waals surface area (Å²) in [6, 6.07) is 22.0. The average molecular weight is 402 g/mol. The van der Waals surface area contributed by atoms with Gasteiger partial charge in [-0.25, -0.2) is 9.97 Å².